The molecule has 2 aliphatic rings. The van der Waals surface area contributed by atoms with E-state index in [9.17, 15) is 37.8 Å². The van der Waals surface area contributed by atoms with Gasteiger partial charge in [-0.25, -0.2) is 15.0 Å². The molecule has 4 N–H and O–H groups in total. The number of aromatic amines is 1. The first-order chi connectivity index (χ1) is 25.7. The predicted molar refractivity (Wildman–Crippen MR) is 183 cm³/mol. The van der Waals surface area contributed by atoms with Crippen molar-refractivity contribution in [2.75, 3.05) is 38.3 Å². The third-order valence-corrected chi connectivity index (χ3v) is 10.9. The van der Waals surface area contributed by atoms with Gasteiger partial charge in [0.25, 0.3) is 5.56 Å². The summed E-state index contributed by atoms with van der Waals surface area (Å²) in [5, 5.41) is 22.4. The van der Waals surface area contributed by atoms with E-state index in [1.807, 2.05) is 19.9 Å². The molecule has 0 amide bonds. The summed E-state index contributed by atoms with van der Waals surface area (Å²) in [7, 11) is -3.05. The Hall–Kier alpha value is -3.26. The normalized spacial score (nSPS) is 25.8. The highest BCUT2D eigenvalue weighted by Gasteiger charge is 2.52. The molecule has 25 heteroatoms. The van der Waals surface area contributed by atoms with Gasteiger partial charge in [0, 0.05) is 35.7 Å². The topological polar surface area (TPSA) is 247 Å². The van der Waals surface area contributed by atoms with E-state index in [1.165, 1.54) is 23.2 Å². The number of aliphatic hydroxyl groups is 1. The Bertz CT molecular complexity index is 1870. The number of H-pyrrole nitrogens is 1. The van der Waals surface area contributed by atoms with Gasteiger partial charge < -0.3 is 33.7 Å². The second kappa shape index (κ2) is 18.6. The zero-order valence-electron chi connectivity index (χ0n) is 28.8. The van der Waals surface area contributed by atoms with Gasteiger partial charge in [-0.3, -0.25) is 18.9 Å². The molecule has 0 aromatic carbocycles. The molecule has 1 aliphatic heterocycles. The molecule has 9 atom stereocenters. The number of fused-ring (bicyclic) bond motifs is 1. The maximum absolute atomic E-state index is 13.5. The fourth-order valence-electron chi connectivity index (χ4n) is 5.79. The van der Waals surface area contributed by atoms with Crippen LogP contribution < -0.4 is 15.6 Å². The molecule has 296 valence electrons. The zero-order valence-corrected chi connectivity index (χ0v) is 31.4. The van der Waals surface area contributed by atoms with Crippen molar-refractivity contribution in [2.24, 2.45) is 11.8 Å². The lowest BCUT2D eigenvalue weighted by Gasteiger charge is -2.31. The van der Waals surface area contributed by atoms with Gasteiger partial charge in [0.2, 0.25) is 11.8 Å². The van der Waals surface area contributed by atoms with Crippen LogP contribution >= 0.6 is 15.0 Å². The van der Waals surface area contributed by atoms with E-state index >= 15 is 0 Å². The number of hydrogen-bond donors (Lipinski definition) is 4. The summed E-state index contributed by atoms with van der Waals surface area (Å²) in [6.45, 7) is -3.01. The van der Waals surface area contributed by atoms with Crippen LogP contribution in [0.15, 0.2) is 29.7 Å². The number of imidazole rings is 1. The molecule has 2 fully saturated rings. The van der Waals surface area contributed by atoms with Gasteiger partial charge in [-0.15, -0.1) is 9.42 Å². The summed E-state index contributed by atoms with van der Waals surface area (Å²) in [6, 6.07) is 3.42. The van der Waals surface area contributed by atoms with Crippen molar-refractivity contribution in [1.29, 1.82) is 5.26 Å². The van der Waals surface area contributed by atoms with E-state index in [2.05, 4.69) is 30.2 Å². The second-order valence-electron chi connectivity index (χ2n) is 12.6. The van der Waals surface area contributed by atoms with Gasteiger partial charge in [-0.05, 0) is 24.1 Å². The van der Waals surface area contributed by atoms with Crippen molar-refractivity contribution in [2.45, 2.75) is 76.0 Å². The molecule has 1 saturated carbocycles. The minimum atomic E-state index is -4.80. The van der Waals surface area contributed by atoms with Gasteiger partial charge in [-0.1, -0.05) is 13.8 Å². The van der Waals surface area contributed by atoms with Crippen LogP contribution in [0.25, 0.3) is 11.2 Å². The second-order valence-corrected chi connectivity index (χ2v) is 16.3. The number of alkyl halides is 3. The smallest absolute Gasteiger partial charge is 0.474 e. The van der Waals surface area contributed by atoms with E-state index < -0.39 is 82.6 Å². The Morgan fingerprint density at radius 2 is 2.07 bits per heavy atom. The molecule has 0 radical (unpaired) electrons. The van der Waals surface area contributed by atoms with Crippen LogP contribution in [0.3, 0.4) is 0 Å². The lowest BCUT2D eigenvalue weighted by atomic mass is 10.1. The number of hydrogen-bond acceptors (Lipinski definition) is 17. The van der Waals surface area contributed by atoms with E-state index in [0.29, 0.717) is 6.54 Å². The third-order valence-electron chi connectivity index (χ3n) is 8.10. The minimum Gasteiger partial charge on any atom is -0.474 e. The third kappa shape index (κ3) is 11.2. The molecule has 5 rings (SSSR count). The first-order valence-electron chi connectivity index (χ1n) is 16.5. The number of nitrogens with one attached hydrogen (secondary N) is 2. The van der Waals surface area contributed by atoms with Gasteiger partial charge in [0.1, 0.15) is 43.5 Å². The fraction of sp³-hybridized carbons (Fsp3) is 0.655. The van der Waals surface area contributed by atoms with Gasteiger partial charge >= 0.3 is 21.1 Å². The molecule has 54 heavy (non-hydrogen) atoms. The van der Waals surface area contributed by atoms with Crippen molar-refractivity contribution in [1.82, 2.24) is 29.5 Å². The Kier molecular flexibility index (Phi) is 14.4. The largest absolute Gasteiger partial charge is 0.695 e. The maximum Gasteiger partial charge on any atom is 0.695 e. The van der Waals surface area contributed by atoms with Crippen LogP contribution in [-0.2, 0) is 43.9 Å². The summed E-state index contributed by atoms with van der Waals surface area (Å²) in [6.07, 6.45) is -8.25. The van der Waals surface area contributed by atoms with Crippen LogP contribution in [0.2, 0.25) is 0 Å². The summed E-state index contributed by atoms with van der Waals surface area (Å²) in [4.78, 5) is 41.5. The number of ether oxygens (including phenoxy) is 3. The SMILES string of the molecule is CC(C)CNc1nc2c(ncn2[C@@H]2O[C@H](CO)[C@@H](OCC(F)(F)F)[C@H]2O[P@](=S)(OCCC#N)OC[C@H]2C[C@@H](Oc3ccncn3)C[C@@H]2O[P+](=O)O)c(=O)[nH]1. The monoisotopic (exact) mass is 825 g/mol. The molecule has 1 aliphatic carbocycles. The molecule has 4 heterocycles. The van der Waals surface area contributed by atoms with Crippen molar-refractivity contribution in [3.05, 3.63) is 35.3 Å². The van der Waals surface area contributed by atoms with Crippen molar-refractivity contribution < 1.29 is 60.0 Å². The van der Waals surface area contributed by atoms with Crippen LogP contribution in [0.5, 0.6) is 5.88 Å². The molecular formula is C29H38F3N8O11P2S+. The number of anilines is 1. The molecule has 0 bridgehead atoms. The number of nitrogens with zero attached hydrogens (tertiary/aromatic N) is 6. The summed E-state index contributed by atoms with van der Waals surface area (Å²) in [5.74, 6) is -0.144. The average molecular weight is 826 g/mol. The Balaban J connectivity index is 1.46. The van der Waals surface area contributed by atoms with Crippen LogP contribution in [0, 0.1) is 23.2 Å². The van der Waals surface area contributed by atoms with E-state index in [4.69, 9.17) is 44.1 Å². The summed E-state index contributed by atoms with van der Waals surface area (Å²) >= 11 is 5.75. The standard InChI is InChI=1S/C29H37F3N8O11P2S/c1-16(2)10-35-28-38-25-22(26(42)39-28)37-15-40(25)27-24(23(20(11-41)49-27)45-13-29(30,31)32)51-53(54,46-7-3-5-33)47-12-17-8-18(9-19(17)50-52(43)44)48-21-4-6-34-14-36-21/h4,6,14-20,23-24,27,41H,3,7-13H2,1-2H3,(H2-,35,38,39,42,43,44)/p+1/t17-,18-,19+,20-,23-,24-,27-,53+/m1/s1. The van der Waals surface area contributed by atoms with Crippen LogP contribution in [-0.4, -0.2) is 109 Å². The molecule has 3 aromatic rings. The highest BCUT2D eigenvalue weighted by molar-refractivity contribution is 8.07. The first-order valence-corrected chi connectivity index (χ1v) is 20.2. The van der Waals surface area contributed by atoms with Gasteiger partial charge in [-0.2, -0.15) is 23.4 Å². The predicted octanol–water partition coefficient (Wildman–Crippen LogP) is 3.26. The lowest BCUT2D eigenvalue weighted by Crippen LogP contribution is -2.40. The highest BCUT2D eigenvalue weighted by Crippen LogP contribution is 2.55. The van der Waals surface area contributed by atoms with Crippen molar-refractivity contribution in [3.8, 4) is 11.9 Å². The lowest BCUT2D eigenvalue weighted by molar-refractivity contribution is -0.196. The number of halogens is 3. The molecule has 3 aromatic heterocycles. The fourth-order valence-corrected chi connectivity index (χ4v) is 8.39. The number of aliphatic hydroxyl groups excluding tert-OH is 1. The van der Waals surface area contributed by atoms with Crippen molar-refractivity contribution in [3.63, 3.8) is 0 Å². The molecular weight excluding hydrogens is 787 g/mol. The Labute approximate surface area is 311 Å². The van der Waals surface area contributed by atoms with Crippen molar-refractivity contribution >= 4 is 43.9 Å². The number of aromatic nitrogens is 6. The summed E-state index contributed by atoms with van der Waals surface area (Å²) in [5.41, 5.74) is -0.811. The highest BCUT2D eigenvalue weighted by atomic mass is 32.5. The maximum atomic E-state index is 13.5. The van der Waals surface area contributed by atoms with E-state index in [1.54, 1.807) is 0 Å². The molecule has 19 nitrogen and oxygen atoms in total. The Morgan fingerprint density at radius 1 is 1.28 bits per heavy atom. The zero-order chi connectivity index (χ0) is 39.0. The first kappa shape index (κ1) is 41.9. The molecule has 0 spiro atoms. The number of rotatable bonds is 19. The number of nitriles is 1. The van der Waals surface area contributed by atoms with Gasteiger partial charge in [0.15, 0.2) is 17.4 Å². The van der Waals surface area contributed by atoms with Crippen LogP contribution in [0.4, 0.5) is 19.1 Å². The Morgan fingerprint density at radius 3 is 2.74 bits per heavy atom. The molecule has 1 saturated heterocycles. The van der Waals surface area contributed by atoms with Gasteiger partial charge in [0.05, 0.1) is 38.6 Å². The van der Waals surface area contributed by atoms with E-state index in [-0.39, 0.29) is 61.4 Å². The average Bonchev–Trinajstić information content (AvgIpc) is 3.80. The minimum absolute atomic E-state index is 0.0461. The summed E-state index contributed by atoms with van der Waals surface area (Å²) < 4.78 is 94.0. The quantitative estimate of drug-likeness (QED) is 0.100. The van der Waals surface area contributed by atoms with E-state index in [0.717, 1.165) is 6.33 Å². The van der Waals surface area contributed by atoms with Crippen LogP contribution in [0.1, 0.15) is 39.3 Å². The molecule has 1 unspecified atom stereocenters.